The fourth-order valence-corrected chi connectivity index (χ4v) is 4.11. The number of nitrogens with one attached hydrogen (secondary N) is 1. The van der Waals surface area contributed by atoms with Gasteiger partial charge in [0.05, 0.1) is 17.2 Å². The van der Waals surface area contributed by atoms with Gasteiger partial charge < -0.3 is 15.0 Å². The van der Waals surface area contributed by atoms with Crippen molar-refractivity contribution in [2.24, 2.45) is 5.92 Å². The molecule has 1 fully saturated rings. The fraction of sp³-hybridized carbons (Fsp3) is 0.409. The van der Waals surface area contributed by atoms with Crippen molar-refractivity contribution in [2.45, 2.75) is 25.7 Å². The number of ether oxygens (including phenoxy) is 1. The van der Waals surface area contributed by atoms with Crippen molar-refractivity contribution in [3.63, 3.8) is 0 Å². The van der Waals surface area contributed by atoms with Gasteiger partial charge in [-0.3, -0.25) is 14.6 Å². The van der Waals surface area contributed by atoms with Gasteiger partial charge in [-0.15, -0.1) is 0 Å². The Kier molecular flexibility index (Phi) is 8.51. The normalized spacial score (nSPS) is 14.4. The minimum absolute atomic E-state index is 0.104. The Morgan fingerprint density at radius 2 is 2.07 bits per heavy atom. The third kappa shape index (κ3) is 6.71. The van der Waals surface area contributed by atoms with Crippen molar-refractivity contribution in [1.29, 1.82) is 0 Å². The molecule has 1 aromatic carbocycles. The number of rotatable bonds is 8. The van der Waals surface area contributed by atoms with Crippen molar-refractivity contribution < 1.29 is 14.3 Å². The Labute approximate surface area is 190 Å². The molecular formula is C22H25BrClN3O3. The average molecular weight is 495 g/mol. The van der Waals surface area contributed by atoms with Crippen LogP contribution in [0.4, 0.5) is 0 Å². The van der Waals surface area contributed by atoms with Crippen LogP contribution in [-0.2, 0) is 4.79 Å². The number of nitrogens with zero attached hydrogens (tertiary/aromatic N) is 2. The molecule has 0 atom stereocenters. The van der Waals surface area contributed by atoms with E-state index in [0.29, 0.717) is 48.2 Å². The average Bonchev–Trinajstić information content (AvgIpc) is 2.77. The number of halogens is 2. The lowest BCUT2D eigenvalue weighted by atomic mass is 9.96. The summed E-state index contributed by atoms with van der Waals surface area (Å²) in [5.74, 6) is 1.06. The van der Waals surface area contributed by atoms with E-state index in [2.05, 4.69) is 26.2 Å². The van der Waals surface area contributed by atoms with Crippen LogP contribution >= 0.6 is 27.5 Å². The number of carbonyl (C=O) groups excluding carboxylic acids is 2. The van der Waals surface area contributed by atoms with Gasteiger partial charge in [0.15, 0.2) is 0 Å². The van der Waals surface area contributed by atoms with E-state index in [4.69, 9.17) is 16.3 Å². The monoisotopic (exact) mass is 493 g/mol. The van der Waals surface area contributed by atoms with Crippen LogP contribution in [0.5, 0.6) is 5.75 Å². The zero-order chi connectivity index (χ0) is 21.3. The van der Waals surface area contributed by atoms with Crippen LogP contribution in [0.1, 0.15) is 36.0 Å². The second-order valence-electron chi connectivity index (χ2n) is 7.30. The number of aromatic nitrogens is 1. The number of pyridine rings is 1. The van der Waals surface area contributed by atoms with Gasteiger partial charge in [-0.2, -0.15) is 0 Å². The van der Waals surface area contributed by atoms with Gasteiger partial charge in [-0.1, -0.05) is 27.5 Å². The molecular weight excluding hydrogens is 470 g/mol. The van der Waals surface area contributed by atoms with E-state index in [1.807, 2.05) is 17.0 Å². The van der Waals surface area contributed by atoms with E-state index in [1.54, 1.807) is 30.6 Å². The number of benzene rings is 1. The van der Waals surface area contributed by atoms with Crippen LogP contribution in [0.15, 0.2) is 47.2 Å². The molecule has 160 valence electrons. The van der Waals surface area contributed by atoms with Gasteiger partial charge in [0.1, 0.15) is 5.75 Å². The van der Waals surface area contributed by atoms with Crippen LogP contribution in [0.2, 0.25) is 5.02 Å². The lowest BCUT2D eigenvalue weighted by molar-refractivity contribution is -0.132. The van der Waals surface area contributed by atoms with Crippen LogP contribution in [0.25, 0.3) is 0 Å². The van der Waals surface area contributed by atoms with Crippen LogP contribution in [0.3, 0.4) is 0 Å². The molecule has 0 bridgehead atoms. The predicted octanol–water partition coefficient (Wildman–Crippen LogP) is 4.33. The quantitative estimate of drug-likeness (QED) is 0.555. The Morgan fingerprint density at radius 3 is 2.77 bits per heavy atom. The van der Waals surface area contributed by atoms with Crippen molar-refractivity contribution >= 4 is 39.3 Å². The van der Waals surface area contributed by atoms with E-state index in [1.165, 1.54) is 0 Å². The van der Waals surface area contributed by atoms with Crippen molar-refractivity contribution in [2.75, 3.05) is 26.2 Å². The molecule has 1 aromatic heterocycles. The van der Waals surface area contributed by atoms with Gasteiger partial charge in [-0.05, 0) is 55.5 Å². The molecule has 2 heterocycles. The highest BCUT2D eigenvalue weighted by Gasteiger charge is 2.23. The first-order chi connectivity index (χ1) is 14.5. The first-order valence-corrected chi connectivity index (χ1v) is 11.2. The molecule has 0 saturated carbocycles. The van der Waals surface area contributed by atoms with E-state index >= 15 is 0 Å². The highest BCUT2D eigenvalue weighted by molar-refractivity contribution is 9.10. The summed E-state index contributed by atoms with van der Waals surface area (Å²) in [6, 6.07) is 8.96. The minimum Gasteiger partial charge on any atom is -0.492 e. The van der Waals surface area contributed by atoms with Crippen LogP contribution in [0, 0.1) is 5.92 Å². The summed E-state index contributed by atoms with van der Waals surface area (Å²) in [4.78, 5) is 30.4. The molecule has 2 aromatic rings. The number of amides is 2. The highest BCUT2D eigenvalue weighted by Crippen LogP contribution is 2.28. The van der Waals surface area contributed by atoms with Crippen molar-refractivity contribution in [1.82, 2.24) is 15.2 Å². The fourth-order valence-electron chi connectivity index (χ4n) is 3.38. The summed E-state index contributed by atoms with van der Waals surface area (Å²) in [7, 11) is 0. The molecule has 8 heteroatoms. The Hall–Kier alpha value is -2.12. The summed E-state index contributed by atoms with van der Waals surface area (Å²) in [6.07, 6.45) is 6.09. The summed E-state index contributed by atoms with van der Waals surface area (Å²) < 4.78 is 6.57. The number of hydrogen-bond donors (Lipinski definition) is 1. The molecule has 1 aliphatic heterocycles. The standard InChI is InChI=1S/C22H25BrClN3O3/c23-18-5-6-20(19(24)13-18)30-12-2-4-21(28)27-10-7-16(8-11-27)14-26-22(29)17-3-1-9-25-15-17/h1,3,5-6,9,13,15-16H,2,4,7-8,10-12,14H2,(H,26,29). The lowest BCUT2D eigenvalue weighted by Crippen LogP contribution is -2.41. The van der Waals surface area contributed by atoms with Gasteiger partial charge in [0.25, 0.3) is 5.91 Å². The third-order valence-electron chi connectivity index (χ3n) is 5.13. The van der Waals surface area contributed by atoms with E-state index < -0.39 is 0 Å². The molecule has 1 saturated heterocycles. The molecule has 2 amide bonds. The molecule has 0 unspecified atom stereocenters. The Balaban J connectivity index is 1.31. The van der Waals surface area contributed by atoms with Gasteiger partial charge in [-0.25, -0.2) is 0 Å². The Bertz CT molecular complexity index is 858. The molecule has 0 spiro atoms. The SMILES string of the molecule is O=C(NCC1CCN(C(=O)CCCOc2ccc(Br)cc2Cl)CC1)c1cccnc1. The van der Waals surface area contributed by atoms with Crippen molar-refractivity contribution in [3.05, 3.63) is 57.8 Å². The second kappa shape index (κ2) is 11.3. The number of likely N-dealkylation sites (tertiary alicyclic amines) is 1. The van der Waals surface area contributed by atoms with Gasteiger partial charge >= 0.3 is 0 Å². The maximum atomic E-state index is 12.4. The summed E-state index contributed by atoms with van der Waals surface area (Å²) >= 11 is 9.49. The summed E-state index contributed by atoms with van der Waals surface area (Å²) in [5, 5.41) is 3.51. The van der Waals surface area contributed by atoms with Gasteiger partial charge in [0.2, 0.25) is 5.91 Å². The van der Waals surface area contributed by atoms with E-state index in [0.717, 1.165) is 30.4 Å². The zero-order valence-corrected chi connectivity index (χ0v) is 19.0. The Morgan fingerprint density at radius 1 is 1.27 bits per heavy atom. The van der Waals surface area contributed by atoms with Gasteiger partial charge in [0, 0.05) is 42.9 Å². The van der Waals surface area contributed by atoms with Crippen molar-refractivity contribution in [3.8, 4) is 5.75 Å². The zero-order valence-electron chi connectivity index (χ0n) is 16.7. The molecule has 30 heavy (non-hydrogen) atoms. The largest absolute Gasteiger partial charge is 0.492 e. The topological polar surface area (TPSA) is 71.5 Å². The first-order valence-electron chi connectivity index (χ1n) is 10.1. The highest BCUT2D eigenvalue weighted by atomic mass is 79.9. The molecule has 1 aliphatic rings. The maximum Gasteiger partial charge on any atom is 0.252 e. The molecule has 0 radical (unpaired) electrons. The maximum absolute atomic E-state index is 12.4. The van der Waals surface area contributed by atoms with E-state index in [9.17, 15) is 9.59 Å². The summed E-state index contributed by atoms with van der Waals surface area (Å²) in [5.41, 5.74) is 0.566. The third-order valence-corrected chi connectivity index (χ3v) is 5.92. The lowest BCUT2D eigenvalue weighted by Gasteiger charge is -2.32. The molecule has 6 nitrogen and oxygen atoms in total. The molecule has 1 N–H and O–H groups in total. The number of hydrogen-bond acceptors (Lipinski definition) is 4. The predicted molar refractivity (Wildman–Crippen MR) is 120 cm³/mol. The molecule has 3 rings (SSSR count). The smallest absolute Gasteiger partial charge is 0.252 e. The van der Waals surface area contributed by atoms with Crippen LogP contribution in [-0.4, -0.2) is 47.9 Å². The summed E-state index contributed by atoms with van der Waals surface area (Å²) in [6.45, 7) is 2.53. The van der Waals surface area contributed by atoms with E-state index in [-0.39, 0.29) is 11.8 Å². The van der Waals surface area contributed by atoms with Crippen LogP contribution < -0.4 is 10.1 Å². The number of carbonyl (C=O) groups is 2. The minimum atomic E-state index is -0.104. The molecule has 0 aliphatic carbocycles. The first kappa shape index (κ1) is 22.6. The second-order valence-corrected chi connectivity index (χ2v) is 8.63. The number of piperidine rings is 1.